The quantitative estimate of drug-likeness (QED) is 0.928. The summed E-state index contributed by atoms with van der Waals surface area (Å²) in [6, 6.07) is 4.89. The molecule has 1 heterocycles. The number of hydrogen-bond donors (Lipinski definition) is 1. The smallest absolute Gasteiger partial charge is 0.417 e. The topological polar surface area (TPSA) is 45.0 Å². The van der Waals surface area contributed by atoms with Crippen molar-refractivity contribution in [2.24, 2.45) is 5.92 Å². The third kappa shape index (κ3) is 3.64. The molecule has 1 saturated heterocycles. The molecule has 1 fully saturated rings. The zero-order chi connectivity index (χ0) is 14.6. The molecule has 0 aromatic heterocycles. The van der Waals surface area contributed by atoms with Gasteiger partial charge in [0.1, 0.15) is 5.75 Å². The van der Waals surface area contributed by atoms with Gasteiger partial charge in [-0.1, -0.05) is 0 Å². The van der Waals surface area contributed by atoms with Gasteiger partial charge < -0.3 is 10.1 Å². The Kier molecular flexibility index (Phi) is 4.50. The second-order valence-corrected chi connectivity index (χ2v) is 4.82. The number of benzene rings is 1. The molecule has 0 spiro atoms. The molecule has 0 aliphatic carbocycles. The predicted molar refractivity (Wildman–Crippen MR) is 67.2 cm³/mol. The van der Waals surface area contributed by atoms with Crippen LogP contribution < -0.4 is 10.1 Å². The predicted octanol–water partition coefficient (Wildman–Crippen LogP) is 2.96. The maximum Gasteiger partial charge on any atom is 0.417 e. The molecule has 1 aromatic rings. The van der Waals surface area contributed by atoms with E-state index in [1.54, 1.807) is 6.07 Å². The Bertz CT molecular complexity index is 502. The molecule has 0 radical (unpaired) electrons. The molecule has 20 heavy (non-hydrogen) atoms. The Morgan fingerprint density at radius 1 is 1.30 bits per heavy atom. The normalized spacial score (nSPS) is 16.7. The van der Waals surface area contributed by atoms with Gasteiger partial charge in [-0.2, -0.15) is 18.4 Å². The van der Waals surface area contributed by atoms with Crippen molar-refractivity contribution in [3.63, 3.8) is 0 Å². The highest BCUT2D eigenvalue weighted by Gasteiger charge is 2.33. The summed E-state index contributed by atoms with van der Waals surface area (Å²) in [5.41, 5.74) is -1.32. The molecule has 1 aliphatic rings. The van der Waals surface area contributed by atoms with Crippen molar-refractivity contribution in [3.05, 3.63) is 29.3 Å². The number of alkyl halides is 3. The third-order valence-corrected chi connectivity index (χ3v) is 3.36. The molecule has 108 valence electrons. The molecular formula is C14H15F3N2O. The van der Waals surface area contributed by atoms with Crippen LogP contribution in [0.15, 0.2) is 18.2 Å². The van der Waals surface area contributed by atoms with Crippen LogP contribution in [0.5, 0.6) is 5.75 Å². The van der Waals surface area contributed by atoms with Crippen molar-refractivity contribution in [1.82, 2.24) is 5.32 Å². The number of nitriles is 1. The molecule has 0 bridgehead atoms. The van der Waals surface area contributed by atoms with Gasteiger partial charge in [0.05, 0.1) is 23.8 Å². The van der Waals surface area contributed by atoms with E-state index in [0.717, 1.165) is 38.1 Å². The van der Waals surface area contributed by atoms with Crippen molar-refractivity contribution in [3.8, 4) is 11.8 Å². The number of halogens is 3. The van der Waals surface area contributed by atoms with Gasteiger partial charge in [-0.15, -0.1) is 0 Å². The fourth-order valence-corrected chi connectivity index (χ4v) is 2.22. The fraction of sp³-hybridized carbons (Fsp3) is 0.500. The van der Waals surface area contributed by atoms with E-state index in [2.05, 4.69) is 5.32 Å². The first-order valence-electron chi connectivity index (χ1n) is 6.45. The first kappa shape index (κ1) is 14.7. The van der Waals surface area contributed by atoms with E-state index in [0.29, 0.717) is 18.3 Å². The Morgan fingerprint density at radius 3 is 2.60 bits per heavy atom. The summed E-state index contributed by atoms with van der Waals surface area (Å²) in [5, 5.41) is 12.0. The number of nitrogens with one attached hydrogen (secondary N) is 1. The Labute approximate surface area is 115 Å². The average Bonchev–Trinajstić information content (AvgIpc) is 2.45. The van der Waals surface area contributed by atoms with Gasteiger partial charge in [-0.05, 0) is 50.0 Å². The van der Waals surface area contributed by atoms with Crippen molar-refractivity contribution < 1.29 is 17.9 Å². The van der Waals surface area contributed by atoms with E-state index in [1.807, 2.05) is 0 Å². The maximum absolute atomic E-state index is 12.6. The molecule has 6 heteroatoms. The van der Waals surface area contributed by atoms with Crippen molar-refractivity contribution in [2.45, 2.75) is 19.0 Å². The van der Waals surface area contributed by atoms with Crippen molar-refractivity contribution in [1.29, 1.82) is 5.26 Å². The molecule has 0 saturated carbocycles. The van der Waals surface area contributed by atoms with Crippen LogP contribution in [-0.4, -0.2) is 19.7 Å². The summed E-state index contributed by atoms with van der Waals surface area (Å²) in [7, 11) is 0. The monoisotopic (exact) mass is 284 g/mol. The van der Waals surface area contributed by atoms with Crippen LogP contribution in [0, 0.1) is 17.2 Å². The molecule has 2 rings (SSSR count). The second kappa shape index (κ2) is 6.14. The number of hydrogen-bond acceptors (Lipinski definition) is 3. The largest absolute Gasteiger partial charge is 0.493 e. The van der Waals surface area contributed by atoms with E-state index < -0.39 is 17.3 Å². The summed E-state index contributed by atoms with van der Waals surface area (Å²) in [4.78, 5) is 0. The van der Waals surface area contributed by atoms with Crippen LogP contribution in [0.1, 0.15) is 24.0 Å². The third-order valence-electron chi connectivity index (χ3n) is 3.36. The zero-order valence-corrected chi connectivity index (χ0v) is 10.8. The molecule has 0 unspecified atom stereocenters. The minimum Gasteiger partial charge on any atom is -0.493 e. The lowest BCUT2D eigenvalue weighted by Gasteiger charge is -2.22. The Balaban J connectivity index is 2.04. The first-order valence-corrected chi connectivity index (χ1v) is 6.45. The fourth-order valence-electron chi connectivity index (χ4n) is 2.22. The Hall–Kier alpha value is -1.74. The van der Waals surface area contributed by atoms with Crippen LogP contribution in [0.4, 0.5) is 13.2 Å². The van der Waals surface area contributed by atoms with Crippen molar-refractivity contribution in [2.75, 3.05) is 19.7 Å². The maximum atomic E-state index is 12.6. The van der Waals surface area contributed by atoms with Gasteiger partial charge in [-0.25, -0.2) is 0 Å². The molecule has 0 atom stereocenters. The van der Waals surface area contributed by atoms with Crippen LogP contribution in [0.2, 0.25) is 0 Å². The van der Waals surface area contributed by atoms with Gasteiger partial charge >= 0.3 is 6.18 Å². The molecule has 3 nitrogen and oxygen atoms in total. The lowest BCUT2D eigenvalue weighted by molar-refractivity contribution is -0.137. The SMILES string of the molecule is N#Cc1cc(OCC2CCNCC2)ccc1C(F)(F)F. The van der Waals surface area contributed by atoms with Crippen LogP contribution >= 0.6 is 0 Å². The average molecular weight is 284 g/mol. The summed E-state index contributed by atoms with van der Waals surface area (Å²) in [5.74, 6) is 0.720. The lowest BCUT2D eigenvalue weighted by Crippen LogP contribution is -2.30. The highest BCUT2D eigenvalue weighted by Crippen LogP contribution is 2.33. The highest BCUT2D eigenvalue weighted by atomic mass is 19.4. The minimum atomic E-state index is -4.52. The molecule has 1 aliphatic heterocycles. The van der Waals surface area contributed by atoms with Gasteiger partial charge in [0, 0.05) is 0 Å². The van der Waals surface area contributed by atoms with E-state index in [9.17, 15) is 13.2 Å². The van der Waals surface area contributed by atoms with Gasteiger partial charge in [-0.3, -0.25) is 0 Å². The zero-order valence-electron chi connectivity index (χ0n) is 10.8. The van der Waals surface area contributed by atoms with E-state index in [1.165, 1.54) is 6.07 Å². The number of ether oxygens (including phenoxy) is 1. The summed E-state index contributed by atoms with van der Waals surface area (Å²) < 4.78 is 43.4. The minimum absolute atomic E-state index is 0.313. The first-order chi connectivity index (χ1) is 9.50. The van der Waals surface area contributed by atoms with Gasteiger partial charge in [0.15, 0.2) is 0 Å². The van der Waals surface area contributed by atoms with E-state index in [4.69, 9.17) is 10.00 Å². The number of nitrogens with zero attached hydrogens (tertiary/aromatic N) is 1. The number of rotatable bonds is 3. The van der Waals surface area contributed by atoms with Crippen molar-refractivity contribution >= 4 is 0 Å². The standard InChI is InChI=1S/C14H15F3N2O/c15-14(16,17)13-2-1-12(7-11(13)8-18)20-9-10-3-5-19-6-4-10/h1-2,7,10,19H,3-6,9H2. The van der Waals surface area contributed by atoms with Gasteiger partial charge in [0.2, 0.25) is 0 Å². The van der Waals surface area contributed by atoms with Crippen LogP contribution in [0.25, 0.3) is 0 Å². The molecule has 0 amide bonds. The molecule has 1 N–H and O–H groups in total. The highest BCUT2D eigenvalue weighted by molar-refractivity contribution is 5.44. The number of piperidine rings is 1. The second-order valence-electron chi connectivity index (χ2n) is 4.82. The van der Waals surface area contributed by atoms with Crippen LogP contribution in [0.3, 0.4) is 0 Å². The lowest BCUT2D eigenvalue weighted by atomic mass is 9.99. The Morgan fingerprint density at radius 2 is 2.00 bits per heavy atom. The summed E-state index contributed by atoms with van der Waals surface area (Å²) >= 11 is 0. The summed E-state index contributed by atoms with van der Waals surface area (Å²) in [6.07, 6.45) is -2.53. The van der Waals surface area contributed by atoms with E-state index in [-0.39, 0.29) is 0 Å². The molecular weight excluding hydrogens is 269 g/mol. The molecule has 1 aromatic carbocycles. The summed E-state index contributed by atoms with van der Waals surface area (Å²) in [6.45, 7) is 2.34. The van der Waals surface area contributed by atoms with E-state index >= 15 is 0 Å². The van der Waals surface area contributed by atoms with Crippen LogP contribution in [-0.2, 0) is 6.18 Å². The van der Waals surface area contributed by atoms with Gasteiger partial charge in [0.25, 0.3) is 0 Å².